The van der Waals surface area contributed by atoms with Gasteiger partial charge in [0.1, 0.15) is 0 Å². The Balaban J connectivity index is 2.41. The number of rotatable bonds is 10. The van der Waals surface area contributed by atoms with E-state index in [1.54, 1.807) is 17.0 Å². The molecule has 5 heteroatoms. The second kappa shape index (κ2) is 11.0. The third kappa shape index (κ3) is 5.92. The molecule has 0 aliphatic heterocycles. The molecule has 0 bridgehead atoms. The lowest BCUT2D eigenvalue weighted by molar-refractivity contribution is 0.0764. The van der Waals surface area contributed by atoms with Gasteiger partial charge in [-0.05, 0) is 45.4 Å². The number of carbonyl (C=O) groups excluding carboxylic acids is 1. The number of hydrogen-bond donors (Lipinski definition) is 0. The molecule has 0 aliphatic carbocycles. The number of nitrogens with zero attached hydrogens (tertiary/aromatic N) is 1. The minimum atomic E-state index is -0.187. The van der Waals surface area contributed by atoms with Crippen LogP contribution < -0.4 is 14.2 Å². The number of terminal acetylenes is 1. The molecule has 5 nitrogen and oxygen atoms in total. The molecular weight excluding hydrogens is 366 g/mol. The van der Waals surface area contributed by atoms with Gasteiger partial charge in [0, 0.05) is 12.1 Å². The first-order valence-electron chi connectivity index (χ1n) is 9.88. The first-order valence-corrected chi connectivity index (χ1v) is 9.88. The maximum Gasteiger partial charge on any atom is 0.255 e. The smallest absolute Gasteiger partial charge is 0.255 e. The monoisotopic (exact) mass is 395 g/mol. The summed E-state index contributed by atoms with van der Waals surface area (Å²) in [6.45, 7) is 9.66. The van der Waals surface area contributed by atoms with Crippen molar-refractivity contribution in [2.24, 2.45) is 0 Å². The van der Waals surface area contributed by atoms with E-state index >= 15 is 0 Å². The lowest BCUT2D eigenvalue weighted by atomic mass is 10.1. The van der Waals surface area contributed by atoms with E-state index < -0.39 is 0 Å². The highest BCUT2D eigenvalue weighted by molar-refractivity contribution is 5.95. The summed E-state index contributed by atoms with van der Waals surface area (Å²) < 4.78 is 17.2. The SMILES string of the molecule is C#CCN(Cc1ccc(C)cc1)C(=O)c1cc(OCC)c(OCC)c(OCC)c1. The van der Waals surface area contributed by atoms with Crippen molar-refractivity contribution in [2.45, 2.75) is 34.2 Å². The maximum absolute atomic E-state index is 13.3. The first kappa shape index (κ1) is 22.2. The molecule has 0 saturated carbocycles. The third-order valence-electron chi connectivity index (χ3n) is 4.22. The van der Waals surface area contributed by atoms with Crippen LogP contribution in [-0.4, -0.2) is 37.2 Å². The first-order chi connectivity index (χ1) is 14.0. The molecule has 2 aromatic rings. The van der Waals surface area contributed by atoms with Gasteiger partial charge in [-0.1, -0.05) is 35.7 Å². The molecule has 0 aromatic heterocycles. The van der Waals surface area contributed by atoms with Crippen LogP contribution in [0, 0.1) is 19.3 Å². The lowest BCUT2D eigenvalue weighted by Crippen LogP contribution is -2.31. The summed E-state index contributed by atoms with van der Waals surface area (Å²) in [5, 5.41) is 0. The largest absolute Gasteiger partial charge is 0.490 e. The molecule has 0 spiro atoms. The summed E-state index contributed by atoms with van der Waals surface area (Å²) in [6.07, 6.45) is 5.53. The maximum atomic E-state index is 13.3. The van der Waals surface area contributed by atoms with Crippen molar-refractivity contribution in [3.05, 3.63) is 53.1 Å². The van der Waals surface area contributed by atoms with E-state index in [1.165, 1.54) is 0 Å². The van der Waals surface area contributed by atoms with Gasteiger partial charge in [0.25, 0.3) is 5.91 Å². The van der Waals surface area contributed by atoms with Gasteiger partial charge in [-0.25, -0.2) is 0 Å². The lowest BCUT2D eigenvalue weighted by Gasteiger charge is -2.22. The molecule has 1 amide bonds. The Morgan fingerprint density at radius 2 is 1.52 bits per heavy atom. The van der Waals surface area contributed by atoms with Gasteiger partial charge in [-0.15, -0.1) is 6.42 Å². The minimum absolute atomic E-state index is 0.187. The van der Waals surface area contributed by atoms with Crippen LogP contribution in [0.3, 0.4) is 0 Å². The average molecular weight is 395 g/mol. The van der Waals surface area contributed by atoms with Gasteiger partial charge in [-0.3, -0.25) is 4.79 Å². The van der Waals surface area contributed by atoms with Crippen LogP contribution >= 0.6 is 0 Å². The highest BCUT2D eigenvalue weighted by atomic mass is 16.5. The molecule has 0 atom stereocenters. The summed E-state index contributed by atoms with van der Waals surface area (Å²) >= 11 is 0. The molecule has 0 radical (unpaired) electrons. The average Bonchev–Trinajstić information content (AvgIpc) is 2.71. The van der Waals surface area contributed by atoms with E-state index in [4.69, 9.17) is 20.6 Å². The normalized spacial score (nSPS) is 10.2. The quantitative estimate of drug-likeness (QED) is 0.557. The number of amides is 1. The van der Waals surface area contributed by atoms with Crippen LogP contribution in [0.2, 0.25) is 0 Å². The van der Waals surface area contributed by atoms with Crippen LogP contribution in [0.25, 0.3) is 0 Å². The zero-order valence-electron chi connectivity index (χ0n) is 17.7. The standard InChI is InChI=1S/C24H29NO4/c1-6-14-25(17-19-12-10-18(5)11-13-19)24(26)20-15-21(27-7-2)23(29-9-4)22(16-20)28-8-3/h1,10-13,15-16H,7-9,14,17H2,2-5H3. The van der Waals surface area contributed by atoms with Crippen LogP contribution in [-0.2, 0) is 6.54 Å². The van der Waals surface area contributed by atoms with Gasteiger partial charge < -0.3 is 19.1 Å². The van der Waals surface area contributed by atoms with Crippen LogP contribution in [0.1, 0.15) is 42.3 Å². The van der Waals surface area contributed by atoms with E-state index in [9.17, 15) is 4.79 Å². The second-order valence-corrected chi connectivity index (χ2v) is 6.45. The van der Waals surface area contributed by atoms with Gasteiger partial charge in [0.05, 0.1) is 26.4 Å². The van der Waals surface area contributed by atoms with Gasteiger partial charge in [-0.2, -0.15) is 0 Å². The summed E-state index contributed by atoms with van der Waals surface area (Å²) in [5.74, 6) is 3.87. The summed E-state index contributed by atoms with van der Waals surface area (Å²) in [5.41, 5.74) is 2.63. The number of aryl methyl sites for hydroxylation is 1. The highest BCUT2D eigenvalue weighted by Crippen LogP contribution is 2.39. The number of hydrogen-bond acceptors (Lipinski definition) is 4. The Bertz CT molecular complexity index is 825. The predicted octanol–water partition coefficient (Wildman–Crippen LogP) is 4.47. The van der Waals surface area contributed by atoms with Gasteiger partial charge in [0.2, 0.25) is 5.75 Å². The highest BCUT2D eigenvalue weighted by Gasteiger charge is 2.22. The zero-order valence-corrected chi connectivity index (χ0v) is 17.7. The fourth-order valence-electron chi connectivity index (χ4n) is 2.92. The van der Waals surface area contributed by atoms with Crippen molar-refractivity contribution in [3.63, 3.8) is 0 Å². The minimum Gasteiger partial charge on any atom is -0.490 e. The molecule has 0 aliphatic rings. The zero-order chi connectivity index (χ0) is 21.2. The van der Waals surface area contributed by atoms with E-state index in [0.29, 0.717) is 49.2 Å². The van der Waals surface area contributed by atoms with E-state index in [-0.39, 0.29) is 12.5 Å². The van der Waals surface area contributed by atoms with E-state index in [1.807, 2.05) is 52.0 Å². The van der Waals surface area contributed by atoms with Crippen LogP contribution in [0.5, 0.6) is 17.2 Å². The Morgan fingerprint density at radius 1 is 0.966 bits per heavy atom. The fraction of sp³-hybridized carbons (Fsp3) is 0.375. The molecule has 0 fully saturated rings. The molecule has 0 unspecified atom stereocenters. The Kier molecular flexibility index (Phi) is 8.42. The van der Waals surface area contributed by atoms with Crippen molar-refractivity contribution in [1.29, 1.82) is 0 Å². The van der Waals surface area contributed by atoms with Crippen molar-refractivity contribution in [2.75, 3.05) is 26.4 Å². The van der Waals surface area contributed by atoms with Gasteiger partial charge in [0.15, 0.2) is 11.5 Å². The summed E-state index contributed by atoms with van der Waals surface area (Å²) in [6, 6.07) is 11.4. The molecule has 0 N–H and O–H groups in total. The van der Waals surface area contributed by atoms with Crippen LogP contribution in [0.15, 0.2) is 36.4 Å². The van der Waals surface area contributed by atoms with E-state index in [2.05, 4.69) is 5.92 Å². The number of carbonyl (C=O) groups is 1. The Hall–Kier alpha value is -3.13. The topological polar surface area (TPSA) is 48.0 Å². The van der Waals surface area contributed by atoms with Gasteiger partial charge >= 0.3 is 0 Å². The third-order valence-corrected chi connectivity index (χ3v) is 4.22. The number of ether oxygens (including phenoxy) is 3. The predicted molar refractivity (Wildman–Crippen MR) is 115 cm³/mol. The molecule has 2 aromatic carbocycles. The van der Waals surface area contributed by atoms with Crippen molar-refractivity contribution in [3.8, 4) is 29.6 Å². The second-order valence-electron chi connectivity index (χ2n) is 6.45. The molecule has 154 valence electrons. The number of benzene rings is 2. The van der Waals surface area contributed by atoms with Crippen LogP contribution in [0.4, 0.5) is 0 Å². The molecule has 0 saturated heterocycles. The molecule has 29 heavy (non-hydrogen) atoms. The Morgan fingerprint density at radius 3 is 2.00 bits per heavy atom. The molecular formula is C24H29NO4. The summed E-state index contributed by atoms with van der Waals surface area (Å²) in [4.78, 5) is 14.9. The molecule has 2 rings (SSSR count). The van der Waals surface area contributed by atoms with Crippen molar-refractivity contribution < 1.29 is 19.0 Å². The van der Waals surface area contributed by atoms with Crippen molar-refractivity contribution in [1.82, 2.24) is 4.90 Å². The fourth-order valence-corrected chi connectivity index (χ4v) is 2.92. The van der Waals surface area contributed by atoms with E-state index in [0.717, 1.165) is 11.1 Å². The molecule has 0 heterocycles. The van der Waals surface area contributed by atoms with Crippen molar-refractivity contribution >= 4 is 5.91 Å². The Labute approximate surface area is 173 Å². The summed E-state index contributed by atoms with van der Waals surface area (Å²) in [7, 11) is 0.